The summed E-state index contributed by atoms with van der Waals surface area (Å²) in [5.74, 6) is -0.964. The predicted octanol–water partition coefficient (Wildman–Crippen LogP) is 2.18. The number of nitrogens with one attached hydrogen (secondary N) is 1. The third-order valence-corrected chi connectivity index (χ3v) is 3.51. The standard InChI is InChI=1S/C14H15N3O3S/c1-17(7-12-8-21-9-16-12)14(20)15-6-10-2-4-11(5-3-10)13(18)19/h2-5,8-9H,6-7H2,1H3,(H,15,20)(H,18,19). The number of nitrogens with zero attached hydrogens (tertiary/aromatic N) is 2. The van der Waals surface area contributed by atoms with Crippen LogP contribution in [-0.4, -0.2) is 34.0 Å². The van der Waals surface area contributed by atoms with E-state index in [0.717, 1.165) is 11.3 Å². The number of urea groups is 1. The van der Waals surface area contributed by atoms with E-state index in [1.165, 1.54) is 23.5 Å². The summed E-state index contributed by atoms with van der Waals surface area (Å²) in [4.78, 5) is 28.3. The van der Waals surface area contributed by atoms with Gasteiger partial charge in [-0.3, -0.25) is 0 Å². The van der Waals surface area contributed by atoms with Crippen LogP contribution in [0, 0.1) is 0 Å². The number of hydrogen-bond donors (Lipinski definition) is 2. The number of amides is 2. The average molecular weight is 305 g/mol. The molecule has 2 N–H and O–H groups in total. The predicted molar refractivity (Wildman–Crippen MR) is 79.2 cm³/mol. The molecule has 2 rings (SSSR count). The van der Waals surface area contributed by atoms with E-state index < -0.39 is 5.97 Å². The molecule has 2 aromatic rings. The molecule has 0 aliphatic heterocycles. The number of carbonyl (C=O) groups is 2. The molecule has 0 aliphatic rings. The lowest BCUT2D eigenvalue weighted by atomic mass is 10.1. The van der Waals surface area contributed by atoms with Crippen LogP contribution in [0.2, 0.25) is 0 Å². The molecule has 110 valence electrons. The van der Waals surface area contributed by atoms with Gasteiger partial charge in [0.15, 0.2) is 0 Å². The fourth-order valence-electron chi connectivity index (χ4n) is 1.71. The highest BCUT2D eigenvalue weighted by molar-refractivity contribution is 7.07. The lowest BCUT2D eigenvalue weighted by Crippen LogP contribution is -2.36. The fourth-order valence-corrected chi connectivity index (χ4v) is 2.26. The summed E-state index contributed by atoms with van der Waals surface area (Å²) in [5.41, 5.74) is 3.65. The first-order valence-electron chi connectivity index (χ1n) is 6.24. The highest BCUT2D eigenvalue weighted by Crippen LogP contribution is 2.06. The largest absolute Gasteiger partial charge is 0.478 e. The second kappa shape index (κ2) is 6.85. The maximum Gasteiger partial charge on any atom is 0.335 e. The first kappa shape index (κ1) is 15.0. The lowest BCUT2D eigenvalue weighted by molar-refractivity contribution is 0.0697. The highest BCUT2D eigenvalue weighted by atomic mass is 32.1. The summed E-state index contributed by atoms with van der Waals surface area (Å²) in [7, 11) is 1.70. The Labute approximate surface area is 126 Å². The van der Waals surface area contributed by atoms with Gasteiger partial charge in [0.25, 0.3) is 0 Å². The Kier molecular flexibility index (Phi) is 4.89. The van der Waals surface area contributed by atoms with Crippen molar-refractivity contribution in [2.24, 2.45) is 0 Å². The molecule has 0 saturated carbocycles. The van der Waals surface area contributed by atoms with Crippen LogP contribution >= 0.6 is 11.3 Å². The first-order valence-corrected chi connectivity index (χ1v) is 7.19. The van der Waals surface area contributed by atoms with Crippen molar-refractivity contribution in [3.05, 3.63) is 52.0 Å². The van der Waals surface area contributed by atoms with E-state index in [0.29, 0.717) is 13.1 Å². The van der Waals surface area contributed by atoms with Gasteiger partial charge in [-0.1, -0.05) is 12.1 Å². The number of hydrogen-bond acceptors (Lipinski definition) is 4. The zero-order chi connectivity index (χ0) is 15.2. The Morgan fingerprint density at radius 3 is 2.62 bits per heavy atom. The van der Waals surface area contributed by atoms with E-state index in [4.69, 9.17) is 5.11 Å². The van der Waals surface area contributed by atoms with Gasteiger partial charge < -0.3 is 15.3 Å². The van der Waals surface area contributed by atoms with E-state index in [1.807, 2.05) is 5.38 Å². The van der Waals surface area contributed by atoms with Crippen molar-refractivity contribution in [1.82, 2.24) is 15.2 Å². The topological polar surface area (TPSA) is 82.5 Å². The number of carboxylic acid groups (broad SMARTS) is 1. The minimum Gasteiger partial charge on any atom is -0.478 e. The maximum absolute atomic E-state index is 11.9. The molecule has 1 aromatic heterocycles. The molecule has 1 aromatic carbocycles. The number of aromatic nitrogens is 1. The maximum atomic E-state index is 11.9. The summed E-state index contributed by atoms with van der Waals surface area (Å²) < 4.78 is 0. The molecule has 0 spiro atoms. The zero-order valence-electron chi connectivity index (χ0n) is 11.4. The number of benzene rings is 1. The molecule has 0 radical (unpaired) electrons. The number of thiazole rings is 1. The van der Waals surface area contributed by atoms with Gasteiger partial charge in [0.05, 0.1) is 23.3 Å². The molecule has 1 heterocycles. The van der Waals surface area contributed by atoms with Crippen molar-refractivity contribution < 1.29 is 14.7 Å². The Morgan fingerprint density at radius 2 is 2.05 bits per heavy atom. The van der Waals surface area contributed by atoms with Crippen LogP contribution < -0.4 is 5.32 Å². The van der Waals surface area contributed by atoms with E-state index in [2.05, 4.69) is 10.3 Å². The molecule has 0 bridgehead atoms. The van der Waals surface area contributed by atoms with Gasteiger partial charge in [-0.15, -0.1) is 11.3 Å². The third-order valence-electron chi connectivity index (χ3n) is 2.87. The quantitative estimate of drug-likeness (QED) is 0.887. The molecule has 0 aliphatic carbocycles. The lowest BCUT2D eigenvalue weighted by Gasteiger charge is -2.16. The van der Waals surface area contributed by atoms with Crippen LogP contribution in [0.5, 0.6) is 0 Å². The van der Waals surface area contributed by atoms with Crippen molar-refractivity contribution >= 4 is 23.3 Å². The molecule has 2 amide bonds. The second-order valence-electron chi connectivity index (χ2n) is 4.50. The van der Waals surface area contributed by atoms with Crippen LogP contribution in [0.1, 0.15) is 21.6 Å². The number of carboxylic acids is 1. The first-order chi connectivity index (χ1) is 10.1. The van der Waals surface area contributed by atoms with E-state index in [-0.39, 0.29) is 11.6 Å². The summed E-state index contributed by atoms with van der Waals surface area (Å²) >= 11 is 1.49. The Morgan fingerprint density at radius 1 is 1.33 bits per heavy atom. The molecule has 7 heteroatoms. The summed E-state index contributed by atoms with van der Waals surface area (Å²) in [5, 5.41) is 13.5. The van der Waals surface area contributed by atoms with Crippen molar-refractivity contribution in [1.29, 1.82) is 0 Å². The molecule has 0 unspecified atom stereocenters. The highest BCUT2D eigenvalue weighted by Gasteiger charge is 2.10. The summed E-state index contributed by atoms with van der Waals surface area (Å²) in [6.45, 7) is 0.799. The molecule has 0 atom stereocenters. The van der Waals surface area contributed by atoms with Crippen LogP contribution in [0.25, 0.3) is 0 Å². The summed E-state index contributed by atoms with van der Waals surface area (Å²) in [6.07, 6.45) is 0. The van der Waals surface area contributed by atoms with Crippen LogP contribution in [0.3, 0.4) is 0 Å². The van der Waals surface area contributed by atoms with Crippen molar-refractivity contribution in [3.63, 3.8) is 0 Å². The molecule has 0 fully saturated rings. The monoisotopic (exact) mass is 305 g/mol. The van der Waals surface area contributed by atoms with Gasteiger partial charge in [0.2, 0.25) is 0 Å². The van der Waals surface area contributed by atoms with Gasteiger partial charge in [-0.25, -0.2) is 14.6 Å². The van der Waals surface area contributed by atoms with Gasteiger partial charge in [-0.2, -0.15) is 0 Å². The van der Waals surface area contributed by atoms with Crippen molar-refractivity contribution in [2.45, 2.75) is 13.1 Å². The molecular weight excluding hydrogens is 290 g/mol. The van der Waals surface area contributed by atoms with Gasteiger partial charge in [0.1, 0.15) is 0 Å². The minimum atomic E-state index is -0.964. The normalized spacial score (nSPS) is 10.1. The number of rotatable bonds is 5. The molecule has 21 heavy (non-hydrogen) atoms. The van der Waals surface area contributed by atoms with Gasteiger partial charge >= 0.3 is 12.0 Å². The van der Waals surface area contributed by atoms with Crippen molar-refractivity contribution in [2.75, 3.05) is 7.05 Å². The van der Waals surface area contributed by atoms with Crippen LogP contribution in [-0.2, 0) is 13.1 Å². The SMILES string of the molecule is CN(Cc1cscn1)C(=O)NCc1ccc(C(=O)O)cc1. The minimum absolute atomic E-state index is 0.203. The van der Waals surface area contributed by atoms with Crippen molar-refractivity contribution in [3.8, 4) is 0 Å². The number of aromatic carboxylic acids is 1. The average Bonchev–Trinajstić information content (AvgIpc) is 2.98. The van der Waals surface area contributed by atoms with Crippen LogP contribution in [0.4, 0.5) is 4.79 Å². The van der Waals surface area contributed by atoms with Crippen LogP contribution in [0.15, 0.2) is 35.2 Å². The van der Waals surface area contributed by atoms with Gasteiger partial charge in [0, 0.05) is 19.0 Å². The third kappa shape index (κ3) is 4.28. The number of carbonyl (C=O) groups excluding carboxylic acids is 1. The summed E-state index contributed by atoms with van der Waals surface area (Å²) in [6, 6.07) is 6.20. The van der Waals surface area contributed by atoms with E-state index in [1.54, 1.807) is 29.6 Å². The molecule has 6 nitrogen and oxygen atoms in total. The Balaban J connectivity index is 1.84. The van der Waals surface area contributed by atoms with Gasteiger partial charge in [-0.05, 0) is 17.7 Å². The fraction of sp³-hybridized carbons (Fsp3) is 0.214. The molecule has 0 saturated heterocycles. The molecular formula is C14H15N3O3S. The zero-order valence-corrected chi connectivity index (χ0v) is 12.3. The smallest absolute Gasteiger partial charge is 0.335 e. The van der Waals surface area contributed by atoms with E-state index in [9.17, 15) is 9.59 Å². The Hall–Kier alpha value is -2.41. The van der Waals surface area contributed by atoms with E-state index >= 15 is 0 Å². The Bertz CT molecular complexity index is 611. The second-order valence-corrected chi connectivity index (χ2v) is 5.22.